The molecule has 0 aromatic carbocycles. The topological polar surface area (TPSA) is 0 Å². The van der Waals surface area contributed by atoms with Gasteiger partial charge in [-0.25, -0.2) is 0 Å². The summed E-state index contributed by atoms with van der Waals surface area (Å²) in [4.78, 5) is 0. The van der Waals surface area contributed by atoms with Gasteiger partial charge in [-0.2, -0.15) is 0 Å². The molecule has 0 unspecified atom stereocenters. The second-order valence-corrected chi connectivity index (χ2v) is 3.60. The highest BCUT2D eigenvalue weighted by molar-refractivity contribution is 5.18. The fourth-order valence-corrected chi connectivity index (χ4v) is 1.77. The van der Waals surface area contributed by atoms with Crippen molar-refractivity contribution in [3.05, 3.63) is 24.8 Å². The molecule has 0 bridgehead atoms. The molecule has 0 heterocycles. The van der Waals surface area contributed by atoms with E-state index in [0.717, 1.165) is 5.92 Å². The van der Waals surface area contributed by atoms with Gasteiger partial charge in [-0.05, 0) is 37.0 Å². The Labute approximate surface area is 62.6 Å². The summed E-state index contributed by atoms with van der Waals surface area (Å²) in [7, 11) is 0. The van der Waals surface area contributed by atoms with Crippen LogP contribution in [-0.2, 0) is 0 Å². The van der Waals surface area contributed by atoms with Crippen LogP contribution >= 0.6 is 0 Å². The van der Waals surface area contributed by atoms with E-state index in [1.165, 1.54) is 25.7 Å². The summed E-state index contributed by atoms with van der Waals surface area (Å²) in [5.41, 5.74) is 0.661. The molecule has 10 heavy (non-hydrogen) atoms. The average Bonchev–Trinajstić information content (AvgIpc) is 2.76. The van der Waals surface area contributed by atoms with E-state index in [-0.39, 0.29) is 0 Å². The first-order chi connectivity index (χ1) is 4.87. The number of hydrogen-bond acceptors (Lipinski definition) is 0. The summed E-state index contributed by atoms with van der Waals surface area (Å²) in [6, 6.07) is 0. The molecule has 0 atom stereocenters. The third-order valence-electron chi connectivity index (χ3n) is 2.78. The zero-order valence-corrected chi connectivity index (χ0v) is 6.34. The third kappa shape index (κ3) is 0.920. The lowest BCUT2D eigenvalue weighted by Crippen LogP contribution is -1.96. The molecule has 2 aliphatic rings. The van der Waals surface area contributed by atoms with Crippen LogP contribution in [0.5, 0.6) is 0 Å². The first-order valence-corrected chi connectivity index (χ1v) is 4.18. The Balaban J connectivity index is 2.00. The molecule has 0 amide bonds. The van der Waals surface area contributed by atoms with E-state index in [4.69, 9.17) is 0 Å². The molecule has 54 valence electrons. The molecule has 2 saturated carbocycles. The molecule has 0 N–H and O–H groups in total. The van der Waals surface area contributed by atoms with Crippen LogP contribution in [0.4, 0.5) is 0 Å². The monoisotopic (exact) mass is 134 g/mol. The van der Waals surface area contributed by atoms with Crippen molar-refractivity contribution in [2.24, 2.45) is 11.3 Å². The van der Waals surface area contributed by atoms with Crippen LogP contribution in [-0.4, -0.2) is 0 Å². The maximum Gasteiger partial charge on any atom is -0.00862 e. The lowest BCUT2D eigenvalue weighted by atomic mass is 10.0. The van der Waals surface area contributed by atoms with E-state index >= 15 is 0 Å². The quantitative estimate of drug-likeness (QED) is 0.520. The van der Waals surface area contributed by atoms with Gasteiger partial charge in [0.05, 0.1) is 0 Å². The average molecular weight is 134 g/mol. The van der Waals surface area contributed by atoms with Crippen molar-refractivity contribution in [3.63, 3.8) is 0 Å². The van der Waals surface area contributed by atoms with Gasteiger partial charge in [0, 0.05) is 0 Å². The summed E-state index contributed by atoms with van der Waals surface area (Å²) < 4.78 is 0. The van der Waals surface area contributed by atoms with Gasteiger partial charge in [0.25, 0.3) is 0 Å². The molecule has 0 saturated heterocycles. The number of hydrogen-bond donors (Lipinski definition) is 0. The van der Waals surface area contributed by atoms with E-state index in [0.29, 0.717) is 5.41 Å². The Kier molecular flexibility index (Phi) is 1.23. The SMILES string of the molecule is C=C/C=C/C1(C2CC2)CC1. The Hall–Kier alpha value is -0.520. The Morgan fingerprint density at radius 1 is 1.30 bits per heavy atom. The highest BCUT2D eigenvalue weighted by atomic mass is 14.6. The van der Waals surface area contributed by atoms with Crippen molar-refractivity contribution in [2.75, 3.05) is 0 Å². The zero-order valence-electron chi connectivity index (χ0n) is 6.34. The molecule has 2 rings (SSSR count). The minimum Gasteiger partial charge on any atom is -0.0991 e. The molecular formula is C10H14. The second kappa shape index (κ2) is 1.98. The van der Waals surface area contributed by atoms with Crippen LogP contribution in [0.3, 0.4) is 0 Å². The van der Waals surface area contributed by atoms with Gasteiger partial charge < -0.3 is 0 Å². The van der Waals surface area contributed by atoms with Crippen LogP contribution in [0.15, 0.2) is 24.8 Å². The maximum atomic E-state index is 3.68. The van der Waals surface area contributed by atoms with E-state index in [1.807, 2.05) is 6.08 Å². The Morgan fingerprint density at radius 2 is 2.00 bits per heavy atom. The molecule has 2 fully saturated rings. The van der Waals surface area contributed by atoms with Crippen molar-refractivity contribution >= 4 is 0 Å². The van der Waals surface area contributed by atoms with Crippen LogP contribution < -0.4 is 0 Å². The Morgan fingerprint density at radius 3 is 2.40 bits per heavy atom. The predicted molar refractivity (Wildman–Crippen MR) is 43.7 cm³/mol. The summed E-state index contributed by atoms with van der Waals surface area (Å²) in [6.45, 7) is 3.68. The summed E-state index contributed by atoms with van der Waals surface area (Å²) in [5, 5.41) is 0. The summed E-state index contributed by atoms with van der Waals surface area (Å²) in [5.74, 6) is 1.05. The summed E-state index contributed by atoms with van der Waals surface area (Å²) in [6.07, 6.45) is 12.2. The molecule has 2 aliphatic carbocycles. The fraction of sp³-hybridized carbons (Fsp3) is 0.600. The first-order valence-electron chi connectivity index (χ1n) is 4.18. The van der Waals surface area contributed by atoms with Crippen molar-refractivity contribution in [1.82, 2.24) is 0 Å². The van der Waals surface area contributed by atoms with E-state index in [1.54, 1.807) is 0 Å². The number of rotatable bonds is 3. The maximum absolute atomic E-state index is 3.68. The lowest BCUT2D eigenvalue weighted by molar-refractivity contribution is 0.558. The molecule has 0 radical (unpaired) electrons. The van der Waals surface area contributed by atoms with Crippen LogP contribution in [0.2, 0.25) is 0 Å². The van der Waals surface area contributed by atoms with Crippen molar-refractivity contribution < 1.29 is 0 Å². The summed E-state index contributed by atoms with van der Waals surface area (Å²) >= 11 is 0. The van der Waals surface area contributed by atoms with E-state index in [9.17, 15) is 0 Å². The first kappa shape index (κ1) is 6.21. The van der Waals surface area contributed by atoms with Gasteiger partial charge in [0.15, 0.2) is 0 Å². The molecule has 0 heteroatoms. The lowest BCUT2D eigenvalue weighted by Gasteiger charge is -2.04. The second-order valence-electron chi connectivity index (χ2n) is 3.60. The van der Waals surface area contributed by atoms with Crippen LogP contribution in [0.1, 0.15) is 25.7 Å². The van der Waals surface area contributed by atoms with E-state index < -0.39 is 0 Å². The van der Waals surface area contributed by atoms with Crippen LogP contribution in [0, 0.1) is 11.3 Å². The van der Waals surface area contributed by atoms with Gasteiger partial charge in [-0.1, -0.05) is 24.8 Å². The van der Waals surface area contributed by atoms with Crippen LogP contribution in [0.25, 0.3) is 0 Å². The molecule has 0 aromatic heterocycles. The fourth-order valence-electron chi connectivity index (χ4n) is 1.77. The van der Waals surface area contributed by atoms with E-state index in [2.05, 4.69) is 18.7 Å². The molecule has 0 spiro atoms. The van der Waals surface area contributed by atoms with Crippen molar-refractivity contribution in [2.45, 2.75) is 25.7 Å². The smallest absolute Gasteiger partial charge is 0.00862 e. The van der Waals surface area contributed by atoms with Crippen molar-refractivity contribution in [3.8, 4) is 0 Å². The number of allylic oxidation sites excluding steroid dienone is 3. The highest BCUT2D eigenvalue weighted by Gasteiger charge is 2.51. The standard InChI is InChI=1S/C10H14/c1-2-3-6-10(7-8-10)9-4-5-9/h2-3,6,9H,1,4-5,7-8H2/b6-3+. The van der Waals surface area contributed by atoms with Gasteiger partial charge >= 0.3 is 0 Å². The highest BCUT2D eigenvalue weighted by Crippen LogP contribution is 2.62. The Bertz CT molecular complexity index is 168. The molecular weight excluding hydrogens is 120 g/mol. The van der Waals surface area contributed by atoms with Crippen molar-refractivity contribution in [1.29, 1.82) is 0 Å². The predicted octanol–water partition coefficient (Wildman–Crippen LogP) is 2.92. The zero-order chi connectivity index (χ0) is 7.03. The van der Waals surface area contributed by atoms with Gasteiger partial charge in [0.1, 0.15) is 0 Å². The normalized spacial score (nSPS) is 28.8. The van der Waals surface area contributed by atoms with Gasteiger partial charge in [-0.3, -0.25) is 0 Å². The largest absolute Gasteiger partial charge is 0.0991 e. The molecule has 0 nitrogen and oxygen atoms in total. The minimum absolute atomic E-state index is 0.661. The van der Waals surface area contributed by atoms with Gasteiger partial charge in [-0.15, -0.1) is 0 Å². The van der Waals surface area contributed by atoms with Gasteiger partial charge in [0.2, 0.25) is 0 Å². The minimum atomic E-state index is 0.661. The molecule has 0 aliphatic heterocycles. The third-order valence-corrected chi connectivity index (χ3v) is 2.78. The molecule has 0 aromatic rings.